The van der Waals surface area contributed by atoms with Crippen LogP contribution in [0.1, 0.15) is 226 Å². The molecule has 0 saturated carbocycles. The highest BCUT2D eigenvalue weighted by molar-refractivity contribution is 7.47. The van der Waals surface area contributed by atoms with Gasteiger partial charge < -0.3 is 24.2 Å². The number of carbonyl (C=O) groups excluding carboxylic acids is 3. The van der Waals surface area contributed by atoms with Gasteiger partial charge in [0.2, 0.25) is 0 Å². The summed E-state index contributed by atoms with van der Waals surface area (Å²) < 4.78 is 39.5. The average molecular weight is 1080 g/mol. The van der Waals surface area contributed by atoms with E-state index < -0.39 is 57.8 Å². The first kappa shape index (κ1) is 71.9. The molecular formula is C64H105O11P. The van der Waals surface area contributed by atoms with Gasteiger partial charge in [-0.3, -0.25) is 23.4 Å². The van der Waals surface area contributed by atoms with Gasteiger partial charge in [-0.1, -0.05) is 206 Å². The summed E-state index contributed by atoms with van der Waals surface area (Å²) in [4.78, 5) is 48.6. The van der Waals surface area contributed by atoms with Crippen LogP contribution >= 0.6 is 7.82 Å². The standard InChI is InChI=1S/C64H105O11P/c1-4-7-10-13-16-19-22-25-27-29-30-32-34-37-40-43-46-49-52-55-64(68)75-61(57-71-62(66)53-50-47-44-41-38-36-33-31-28-26-23-20-17-14-11-8-5-2)59-73-76(69,70)72-58-60(56-65)74-63(67)54-51-48-45-42-39-35-24-21-18-15-12-9-6-3/h7-8,10-11,16-17,19-21,24-28,30,32-33,36,41,44,60-61,65H,4-6,9,12-15,18,22-23,29,31,34-35,37-40,42-43,45-59H2,1-3H3,(H,69,70)/b10-7-,11-8-,19-16-,20-17-,24-21-,27-25-,28-26-,32-30-,36-33-,44-41-. The quantitative estimate of drug-likeness (QED) is 0.0197. The third-order valence-electron chi connectivity index (χ3n) is 11.8. The van der Waals surface area contributed by atoms with Gasteiger partial charge in [0.1, 0.15) is 12.7 Å². The van der Waals surface area contributed by atoms with Gasteiger partial charge in [-0.2, -0.15) is 0 Å². The third kappa shape index (κ3) is 54.7. The molecular weight excluding hydrogens is 976 g/mol. The summed E-state index contributed by atoms with van der Waals surface area (Å²) >= 11 is 0. The maximum atomic E-state index is 12.9. The van der Waals surface area contributed by atoms with E-state index in [0.29, 0.717) is 25.7 Å². The Bertz CT molecular complexity index is 1740. The molecule has 0 aliphatic heterocycles. The van der Waals surface area contributed by atoms with Gasteiger partial charge in [0.05, 0.1) is 19.8 Å². The molecule has 0 bridgehead atoms. The summed E-state index contributed by atoms with van der Waals surface area (Å²) in [6.07, 6.45) is 70.2. The lowest BCUT2D eigenvalue weighted by atomic mass is 10.1. The molecule has 3 unspecified atom stereocenters. The van der Waals surface area contributed by atoms with Crippen LogP contribution in [0.2, 0.25) is 0 Å². The molecule has 0 aromatic rings. The second-order valence-corrected chi connectivity index (χ2v) is 20.5. The molecule has 0 saturated heterocycles. The molecule has 0 amide bonds. The van der Waals surface area contributed by atoms with Crippen LogP contribution in [0.4, 0.5) is 0 Å². The molecule has 76 heavy (non-hydrogen) atoms. The van der Waals surface area contributed by atoms with Crippen molar-refractivity contribution in [3.05, 3.63) is 122 Å². The number of rotatable bonds is 53. The summed E-state index contributed by atoms with van der Waals surface area (Å²) in [6.45, 7) is 4.30. The number of aliphatic hydroxyl groups excluding tert-OH is 1. The topological polar surface area (TPSA) is 155 Å². The number of ether oxygens (including phenoxy) is 3. The van der Waals surface area contributed by atoms with Gasteiger partial charge in [-0.25, -0.2) is 4.57 Å². The SMILES string of the molecule is CC/C=C\C/C=C\C/C=C\C/C=C\C/C=C\CCCC(=O)OCC(COP(=O)(O)OCC(CO)OC(=O)CCCCCCC/C=C\CCCCCC)OC(=O)CCCCCCCC/C=C\C/C=C\C/C=C\C/C=C\CC. The predicted molar refractivity (Wildman–Crippen MR) is 316 cm³/mol. The number of phosphoric ester groups is 1. The Hall–Kier alpha value is -4.12. The molecule has 3 atom stereocenters. The minimum atomic E-state index is -4.77. The van der Waals surface area contributed by atoms with Gasteiger partial charge in [0.15, 0.2) is 6.10 Å². The summed E-state index contributed by atoms with van der Waals surface area (Å²) in [6, 6.07) is 0. The zero-order valence-corrected chi connectivity index (χ0v) is 48.6. The van der Waals surface area contributed by atoms with Crippen molar-refractivity contribution in [2.45, 2.75) is 238 Å². The van der Waals surface area contributed by atoms with E-state index in [4.69, 9.17) is 23.3 Å². The number of esters is 3. The smallest absolute Gasteiger partial charge is 0.462 e. The van der Waals surface area contributed by atoms with Gasteiger partial charge in [0, 0.05) is 19.3 Å². The molecule has 11 nitrogen and oxygen atoms in total. The second kappa shape index (κ2) is 57.1. The first-order valence-electron chi connectivity index (χ1n) is 29.4. The van der Waals surface area contributed by atoms with Crippen LogP contribution in [0.25, 0.3) is 0 Å². The molecule has 0 aliphatic carbocycles. The van der Waals surface area contributed by atoms with Crippen molar-refractivity contribution >= 4 is 25.7 Å². The Morgan fingerprint density at radius 1 is 0.382 bits per heavy atom. The van der Waals surface area contributed by atoms with Crippen LogP contribution in [-0.2, 0) is 42.2 Å². The largest absolute Gasteiger partial charge is 0.472 e. The minimum absolute atomic E-state index is 0.132. The monoisotopic (exact) mass is 1080 g/mol. The van der Waals surface area contributed by atoms with Crippen molar-refractivity contribution < 1.29 is 52.2 Å². The molecule has 0 radical (unpaired) electrons. The number of unbranched alkanes of at least 4 members (excludes halogenated alkanes) is 16. The van der Waals surface area contributed by atoms with Crippen LogP contribution in [0.5, 0.6) is 0 Å². The Morgan fingerprint density at radius 2 is 0.697 bits per heavy atom. The Morgan fingerprint density at radius 3 is 1.11 bits per heavy atom. The molecule has 0 fully saturated rings. The molecule has 0 spiro atoms. The number of aliphatic hydroxyl groups is 1. The fourth-order valence-corrected chi connectivity index (χ4v) is 8.22. The molecule has 0 aromatic heterocycles. The van der Waals surface area contributed by atoms with Crippen molar-refractivity contribution in [1.29, 1.82) is 0 Å². The van der Waals surface area contributed by atoms with Gasteiger partial charge in [-0.15, -0.1) is 0 Å². The minimum Gasteiger partial charge on any atom is -0.462 e. The summed E-state index contributed by atoms with van der Waals surface area (Å²) in [5, 5.41) is 9.81. The molecule has 12 heteroatoms. The van der Waals surface area contributed by atoms with Crippen LogP contribution in [0, 0.1) is 0 Å². The number of phosphoric acid groups is 1. The third-order valence-corrected chi connectivity index (χ3v) is 12.8. The first-order valence-corrected chi connectivity index (χ1v) is 30.9. The second-order valence-electron chi connectivity index (χ2n) is 19.0. The van der Waals surface area contributed by atoms with Crippen molar-refractivity contribution in [3.8, 4) is 0 Å². The maximum Gasteiger partial charge on any atom is 0.472 e. The van der Waals surface area contributed by atoms with Crippen LogP contribution < -0.4 is 0 Å². The molecule has 0 aromatic carbocycles. The lowest BCUT2D eigenvalue weighted by Gasteiger charge is -2.21. The number of carbonyl (C=O) groups is 3. The molecule has 0 rings (SSSR count). The van der Waals surface area contributed by atoms with E-state index in [9.17, 15) is 28.9 Å². The average Bonchev–Trinajstić information content (AvgIpc) is 3.41. The Labute approximate surface area is 462 Å². The van der Waals surface area contributed by atoms with Crippen LogP contribution in [0.3, 0.4) is 0 Å². The zero-order chi connectivity index (χ0) is 55.5. The van der Waals surface area contributed by atoms with Crippen molar-refractivity contribution in [2.75, 3.05) is 26.4 Å². The number of hydrogen-bond acceptors (Lipinski definition) is 10. The molecule has 2 N–H and O–H groups in total. The molecule has 0 aliphatic rings. The maximum absolute atomic E-state index is 12.9. The van der Waals surface area contributed by atoms with E-state index in [2.05, 4.69) is 136 Å². The Balaban J connectivity index is 4.86. The van der Waals surface area contributed by atoms with Gasteiger partial charge >= 0.3 is 25.7 Å². The first-order chi connectivity index (χ1) is 37.2. The van der Waals surface area contributed by atoms with Crippen LogP contribution in [0.15, 0.2) is 122 Å². The predicted octanol–water partition coefficient (Wildman–Crippen LogP) is 17.6. The highest BCUT2D eigenvalue weighted by Gasteiger charge is 2.28. The van der Waals surface area contributed by atoms with Gasteiger partial charge in [0.25, 0.3) is 0 Å². The lowest BCUT2D eigenvalue weighted by Crippen LogP contribution is -2.30. The zero-order valence-electron chi connectivity index (χ0n) is 47.7. The van der Waals surface area contributed by atoms with Crippen molar-refractivity contribution in [3.63, 3.8) is 0 Å². The number of allylic oxidation sites excluding steroid dienone is 20. The van der Waals surface area contributed by atoms with E-state index >= 15 is 0 Å². The van der Waals surface area contributed by atoms with E-state index in [1.165, 1.54) is 25.7 Å². The fraction of sp³-hybridized carbons (Fsp3) is 0.641. The fourth-order valence-electron chi connectivity index (χ4n) is 7.44. The molecule has 432 valence electrons. The lowest BCUT2D eigenvalue weighted by molar-refractivity contribution is -0.161. The van der Waals surface area contributed by atoms with E-state index in [1.807, 2.05) is 6.08 Å². The highest BCUT2D eigenvalue weighted by Crippen LogP contribution is 2.43. The normalized spacial score (nSPS) is 14.2. The van der Waals surface area contributed by atoms with Gasteiger partial charge in [-0.05, 0) is 122 Å². The highest BCUT2D eigenvalue weighted by atomic mass is 31.2. The van der Waals surface area contributed by atoms with E-state index in [0.717, 1.165) is 135 Å². The summed E-state index contributed by atoms with van der Waals surface area (Å²) in [5.41, 5.74) is 0. The van der Waals surface area contributed by atoms with E-state index in [-0.39, 0.29) is 25.9 Å². The van der Waals surface area contributed by atoms with E-state index in [1.54, 1.807) is 0 Å². The van der Waals surface area contributed by atoms with Crippen molar-refractivity contribution in [1.82, 2.24) is 0 Å². The Kier molecular flexibility index (Phi) is 54.0. The summed E-state index contributed by atoms with van der Waals surface area (Å²) in [7, 11) is -4.77. The molecule has 0 heterocycles. The summed E-state index contributed by atoms with van der Waals surface area (Å²) in [5.74, 6) is -1.57. The van der Waals surface area contributed by atoms with Crippen molar-refractivity contribution in [2.24, 2.45) is 0 Å². The van der Waals surface area contributed by atoms with Crippen LogP contribution in [-0.4, -0.2) is 66.5 Å². The number of hydrogen-bond donors (Lipinski definition) is 2.